The molecule has 22 heavy (non-hydrogen) atoms. The number of hydrogen-bond donors (Lipinski definition) is 0. The Bertz CT molecular complexity index is 383. The molecule has 2 saturated carbocycles. The molecule has 2 fully saturated rings. The number of hydrogen-bond acceptors (Lipinski definition) is 4. The van der Waals surface area contributed by atoms with Gasteiger partial charge in [0.05, 0.1) is 7.11 Å². The first-order chi connectivity index (χ1) is 10.7. The Morgan fingerprint density at radius 1 is 1.09 bits per heavy atom. The number of methoxy groups -OCH3 is 1. The van der Waals surface area contributed by atoms with Gasteiger partial charge < -0.3 is 4.74 Å². The lowest BCUT2D eigenvalue weighted by molar-refractivity contribution is -0.140. The molecule has 2 rings (SSSR count). The number of rotatable bonds is 10. The second-order valence-electron chi connectivity index (χ2n) is 6.80. The molecule has 2 aliphatic rings. The summed E-state index contributed by atoms with van der Waals surface area (Å²) in [5, 5.41) is 0.582. The van der Waals surface area contributed by atoms with Crippen LogP contribution >= 0.6 is 11.8 Å². The Kier molecular flexibility index (Phi) is 7.26. The molecule has 2 bridgehead atoms. The predicted octanol–water partition coefficient (Wildman–Crippen LogP) is 4.24. The normalized spacial score (nSPS) is 29.7. The second kappa shape index (κ2) is 8.95. The van der Waals surface area contributed by atoms with Crippen LogP contribution in [0.2, 0.25) is 0 Å². The second-order valence-corrected chi connectivity index (χ2v) is 8.08. The van der Waals surface area contributed by atoms with Crippen molar-refractivity contribution in [2.75, 3.05) is 12.9 Å². The van der Waals surface area contributed by atoms with Crippen molar-refractivity contribution < 1.29 is 14.3 Å². The quantitative estimate of drug-likeness (QED) is 0.445. The highest BCUT2D eigenvalue weighted by molar-refractivity contribution is 7.99. The minimum Gasteiger partial charge on any atom is -0.469 e. The van der Waals surface area contributed by atoms with E-state index in [0.29, 0.717) is 35.7 Å². The monoisotopic (exact) mass is 326 g/mol. The molecule has 4 heteroatoms. The summed E-state index contributed by atoms with van der Waals surface area (Å²) in [6.07, 6.45) is 9.06. The van der Waals surface area contributed by atoms with Crippen molar-refractivity contribution in [2.45, 2.75) is 70.0 Å². The molecule has 0 amide bonds. The fourth-order valence-electron chi connectivity index (χ4n) is 4.13. The minimum atomic E-state index is -0.166. The summed E-state index contributed by atoms with van der Waals surface area (Å²) < 4.78 is 4.64. The van der Waals surface area contributed by atoms with Gasteiger partial charge in [0.25, 0.3) is 0 Å². The Morgan fingerprint density at radius 2 is 1.82 bits per heavy atom. The average molecular weight is 327 g/mol. The van der Waals surface area contributed by atoms with Crippen LogP contribution in [0.5, 0.6) is 0 Å². The standard InChI is InChI=1S/C18H30O3S/c1-3-4-11-22-18-14-10-9-13(12-14)17(18)15(19)7-5-6-8-16(20)21-2/h13-14,17-18H,3-12H2,1-2H3/t13-,14+,17+,18-/m0/s1. The number of carbonyl (C=O) groups is 2. The molecule has 3 nitrogen and oxygen atoms in total. The van der Waals surface area contributed by atoms with Gasteiger partial charge in [0.1, 0.15) is 5.78 Å². The molecule has 2 aliphatic carbocycles. The van der Waals surface area contributed by atoms with Crippen LogP contribution in [0.15, 0.2) is 0 Å². The first kappa shape index (κ1) is 17.8. The highest BCUT2D eigenvalue weighted by atomic mass is 32.2. The summed E-state index contributed by atoms with van der Waals surface area (Å²) in [6, 6.07) is 0. The third kappa shape index (κ3) is 4.50. The van der Waals surface area contributed by atoms with E-state index in [-0.39, 0.29) is 5.97 Å². The van der Waals surface area contributed by atoms with Gasteiger partial charge in [-0.2, -0.15) is 11.8 Å². The Hall–Kier alpha value is -0.510. The third-order valence-corrected chi connectivity index (χ3v) is 6.89. The number of ether oxygens (including phenoxy) is 1. The molecule has 0 aromatic carbocycles. The van der Waals surface area contributed by atoms with Crippen molar-refractivity contribution in [1.82, 2.24) is 0 Å². The van der Waals surface area contributed by atoms with E-state index in [0.717, 1.165) is 18.8 Å². The molecule has 0 spiro atoms. The van der Waals surface area contributed by atoms with E-state index in [1.165, 1.54) is 45.0 Å². The third-order valence-electron chi connectivity index (χ3n) is 5.30. The molecule has 0 saturated heterocycles. The molecule has 0 unspecified atom stereocenters. The van der Waals surface area contributed by atoms with Gasteiger partial charge >= 0.3 is 5.97 Å². The first-order valence-electron chi connectivity index (χ1n) is 8.88. The van der Waals surface area contributed by atoms with Crippen LogP contribution in [0.25, 0.3) is 0 Å². The summed E-state index contributed by atoms with van der Waals surface area (Å²) in [6.45, 7) is 2.23. The van der Waals surface area contributed by atoms with E-state index < -0.39 is 0 Å². The summed E-state index contributed by atoms with van der Waals surface area (Å²) in [4.78, 5) is 23.8. The highest BCUT2D eigenvalue weighted by Gasteiger charge is 2.50. The van der Waals surface area contributed by atoms with Crippen LogP contribution in [0, 0.1) is 17.8 Å². The molecule has 0 radical (unpaired) electrons. The number of thioether (sulfide) groups is 1. The van der Waals surface area contributed by atoms with E-state index in [9.17, 15) is 9.59 Å². The maximum Gasteiger partial charge on any atom is 0.305 e. The molecule has 0 aromatic heterocycles. The topological polar surface area (TPSA) is 43.4 Å². The van der Waals surface area contributed by atoms with Gasteiger partial charge in [-0.05, 0) is 56.1 Å². The maximum atomic E-state index is 12.7. The van der Waals surface area contributed by atoms with Crippen LogP contribution in [0.3, 0.4) is 0 Å². The van der Waals surface area contributed by atoms with Crippen LogP contribution in [0.1, 0.15) is 64.7 Å². The van der Waals surface area contributed by atoms with Gasteiger partial charge in [0.2, 0.25) is 0 Å². The number of esters is 1. The van der Waals surface area contributed by atoms with Crippen molar-refractivity contribution in [3.63, 3.8) is 0 Å². The van der Waals surface area contributed by atoms with Crippen molar-refractivity contribution in [3.8, 4) is 0 Å². The summed E-state index contributed by atoms with van der Waals surface area (Å²) in [7, 11) is 1.42. The van der Waals surface area contributed by atoms with Gasteiger partial charge in [-0.1, -0.05) is 13.3 Å². The zero-order valence-electron chi connectivity index (χ0n) is 14.0. The van der Waals surface area contributed by atoms with Gasteiger partial charge in [-0.3, -0.25) is 9.59 Å². The molecule has 0 N–H and O–H groups in total. The zero-order valence-corrected chi connectivity index (χ0v) is 14.8. The summed E-state index contributed by atoms with van der Waals surface area (Å²) in [5.74, 6) is 3.24. The molecule has 4 atom stereocenters. The lowest BCUT2D eigenvalue weighted by Crippen LogP contribution is -2.32. The predicted molar refractivity (Wildman–Crippen MR) is 91.0 cm³/mol. The smallest absolute Gasteiger partial charge is 0.305 e. The van der Waals surface area contributed by atoms with Crippen molar-refractivity contribution in [3.05, 3.63) is 0 Å². The van der Waals surface area contributed by atoms with E-state index in [4.69, 9.17) is 0 Å². The largest absolute Gasteiger partial charge is 0.469 e. The van der Waals surface area contributed by atoms with Crippen molar-refractivity contribution >= 4 is 23.5 Å². The number of unbranched alkanes of at least 4 members (excludes halogenated alkanes) is 2. The maximum absolute atomic E-state index is 12.7. The van der Waals surface area contributed by atoms with E-state index in [1.807, 2.05) is 0 Å². The minimum absolute atomic E-state index is 0.166. The molecule has 126 valence electrons. The number of ketones is 1. The van der Waals surface area contributed by atoms with Crippen molar-refractivity contribution in [2.24, 2.45) is 17.8 Å². The Labute approximate surface area is 138 Å². The fraction of sp³-hybridized carbons (Fsp3) is 0.889. The van der Waals surface area contributed by atoms with Crippen molar-refractivity contribution in [1.29, 1.82) is 0 Å². The van der Waals surface area contributed by atoms with E-state index >= 15 is 0 Å². The SMILES string of the molecule is CCCCS[C@H]1[C@@H]2CC[C@@H](C2)[C@@H]1C(=O)CCCCC(=O)OC. The van der Waals surface area contributed by atoms with Crippen LogP contribution in [-0.2, 0) is 14.3 Å². The van der Waals surface area contributed by atoms with E-state index in [1.54, 1.807) is 0 Å². The molecule has 0 aliphatic heterocycles. The summed E-state index contributed by atoms with van der Waals surface area (Å²) >= 11 is 2.06. The Balaban J connectivity index is 1.77. The number of fused-ring (bicyclic) bond motifs is 2. The van der Waals surface area contributed by atoms with Crippen LogP contribution < -0.4 is 0 Å². The first-order valence-corrected chi connectivity index (χ1v) is 9.93. The van der Waals surface area contributed by atoms with Gasteiger partial charge in [-0.15, -0.1) is 0 Å². The van der Waals surface area contributed by atoms with E-state index in [2.05, 4.69) is 23.4 Å². The lowest BCUT2D eigenvalue weighted by atomic mass is 9.83. The highest BCUT2D eigenvalue weighted by Crippen LogP contribution is 2.53. The van der Waals surface area contributed by atoms with Crippen LogP contribution in [0.4, 0.5) is 0 Å². The summed E-state index contributed by atoms with van der Waals surface area (Å²) in [5.41, 5.74) is 0. The molecule has 0 aromatic rings. The number of Topliss-reactive ketones (excluding diaryl/α,β-unsaturated/α-hetero) is 1. The average Bonchev–Trinajstić information content (AvgIpc) is 3.12. The molecule has 0 heterocycles. The van der Waals surface area contributed by atoms with Gasteiger partial charge in [0.15, 0.2) is 0 Å². The zero-order chi connectivity index (χ0) is 15.9. The van der Waals surface area contributed by atoms with Gasteiger partial charge in [0, 0.05) is 24.0 Å². The molecular formula is C18H30O3S. The fourth-order valence-corrected chi connectivity index (χ4v) is 5.95. The Morgan fingerprint density at radius 3 is 2.55 bits per heavy atom. The van der Waals surface area contributed by atoms with Crippen LogP contribution in [-0.4, -0.2) is 29.9 Å². The number of carbonyl (C=O) groups excluding carboxylic acids is 2. The lowest BCUT2D eigenvalue weighted by Gasteiger charge is -2.29. The molecular weight excluding hydrogens is 296 g/mol. The van der Waals surface area contributed by atoms with Gasteiger partial charge in [-0.25, -0.2) is 0 Å².